The summed E-state index contributed by atoms with van der Waals surface area (Å²) >= 11 is 2.82. The molecule has 0 fully saturated rings. The van der Waals surface area contributed by atoms with Crippen LogP contribution in [0.25, 0.3) is 0 Å². The van der Waals surface area contributed by atoms with Crippen LogP contribution in [0.5, 0.6) is 0 Å². The van der Waals surface area contributed by atoms with Crippen LogP contribution in [-0.2, 0) is 6.42 Å². The summed E-state index contributed by atoms with van der Waals surface area (Å²) in [5.74, 6) is 0.541. The summed E-state index contributed by atoms with van der Waals surface area (Å²) in [6.45, 7) is 2.03. The molecule has 0 bridgehead atoms. The molecule has 0 atom stereocenters. The normalized spacial score (nSPS) is 10.5. The lowest BCUT2D eigenvalue weighted by atomic mass is 10.2. The Morgan fingerprint density at radius 1 is 1.33 bits per heavy atom. The zero-order chi connectivity index (χ0) is 10.7. The van der Waals surface area contributed by atoms with Crippen LogP contribution in [0.1, 0.15) is 12.5 Å². The van der Waals surface area contributed by atoms with E-state index in [0.717, 1.165) is 21.3 Å². The summed E-state index contributed by atoms with van der Waals surface area (Å²) in [4.78, 5) is 12.2. The number of anilines is 1. The van der Waals surface area contributed by atoms with Crippen LogP contribution < -0.4 is 5.73 Å². The van der Waals surface area contributed by atoms with E-state index in [-0.39, 0.29) is 0 Å². The fourth-order valence-corrected chi connectivity index (χ4v) is 2.65. The van der Waals surface area contributed by atoms with Crippen LogP contribution in [0.15, 0.2) is 22.0 Å². The van der Waals surface area contributed by atoms with Gasteiger partial charge in [-0.05, 0) is 29.7 Å². The van der Waals surface area contributed by atoms with Crippen molar-refractivity contribution in [3.05, 3.63) is 18.2 Å². The van der Waals surface area contributed by atoms with E-state index in [4.69, 9.17) is 5.73 Å². The van der Waals surface area contributed by atoms with Gasteiger partial charge in [0.25, 0.3) is 0 Å². The molecule has 2 heterocycles. The first-order chi connectivity index (χ1) is 7.31. The SMILES string of the molecule is CCc1c(N)ncnc1Sc1ncns1. The fraction of sp³-hybridized carbons (Fsp3) is 0.250. The average Bonchev–Trinajstić information content (AvgIpc) is 2.71. The van der Waals surface area contributed by atoms with Crippen LogP contribution in [0.3, 0.4) is 0 Å². The first-order valence-corrected chi connectivity index (χ1v) is 5.94. The summed E-state index contributed by atoms with van der Waals surface area (Å²) in [7, 11) is 0. The summed E-state index contributed by atoms with van der Waals surface area (Å²) in [6.07, 6.45) is 3.81. The van der Waals surface area contributed by atoms with Crippen molar-refractivity contribution in [2.45, 2.75) is 22.7 Å². The van der Waals surface area contributed by atoms with Crippen LogP contribution in [0, 0.1) is 0 Å². The Morgan fingerprint density at radius 3 is 2.87 bits per heavy atom. The van der Waals surface area contributed by atoms with Crippen LogP contribution in [-0.4, -0.2) is 19.3 Å². The van der Waals surface area contributed by atoms with Gasteiger partial charge in [0.15, 0.2) is 4.34 Å². The van der Waals surface area contributed by atoms with Crippen LogP contribution >= 0.6 is 23.3 Å². The van der Waals surface area contributed by atoms with E-state index in [9.17, 15) is 0 Å². The molecule has 7 heteroatoms. The highest BCUT2D eigenvalue weighted by Crippen LogP contribution is 2.30. The Hall–Kier alpha value is -1.21. The Balaban J connectivity index is 2.32. The predicted octanol–water partition coefficient (Wildman–Crippen LogP) is 1.62. The molecule has 0 amide bonds. The molecule has 0 radical (unpaired) electrons. The third kappa shape index (κ3) is 2.24. The number of hydrogen-bond donors (Lipinski definition) is 1. The lowest BCUT2D eigenvalue weighted by molar-refractivity contribution is 0.952. The van der Waals surface area contributed by atoms with Crippen molar-refractivity contribution in [2.24, 2.45) is 0 Å². The van der Waals surface area contributed by atoms with Gasteiger partial charge in [0.1, 0.15) is 23.5 Å². The minimum atomic E-state index is 0.541. The minimum absolute atomic E-state index is 0.541. The second-order valence-electron chi connectivity index (χ2n) is 2.71. The van der Waals surface area contributed by atoms with Crippen molar-refractivity contribution in [3.63, 3.8) is 0 Å². The van der Waals surface area contributed by atoms with Gasteiger partial charge in [0, 0.05) is 5.56 Å². The van der Waals surface area contributed by atoms with Gasteiger partial charge in [-0.25, -0.2) is 15.0 Å². The molecule has 0 aliphatic heterocycles. The maximum atomic E-state index is 5.76. The van der Waals surface area contributed by atoms with Gasteiger partial charge in [-0.3, -0.25) is 0 Å². The standard InChI is InChI=1S/C8H9N5S2/c1-2-5-6(9)10-3-11-7(5)14-8-12-4-13-15-8/h3-4H,2H2,1H3,(H2,9,10,11). The van der Waals surface area contributed by atoms with E-state index in [1.165, 1.54) is 35.9 Å². The van der Waals surface area contributed by atoms with Gasteiger partial charge >= 0.3 is 0 Å². The third-order valence-corrected chi connectivity index (χ3v) is 3.58. The zero-order valence-electron chi connectivity index (χ0n) is 8.04. The predicted molar refractivity (Wildman–Crippen MR) is 59.9 cm³/mol. The van der Waals surface area contributed by atoms with Gasteiger partial charge in [-0.15, -0.1) is 0 Å². The number of nitrogens with zero attached hydrogens (tertiary/aromatic N) is 4. The molecule has 5 nitrogen and oxygen atoms in total. The highest BCUT2D eigenvalue weighted by atomic mass is 32.2. The molecular formula is C8H9N5S2. The van der Waals surface area contributed by atoms with Crippen LogP contribution in [0.4, 0.5) is 5.82 Å². The topological polar surface area (TPSA) is 77.6 Å². The Kier molecular flexibility index (Phi) is 3.12. The Morgan fingerprint density at radius 2 is 2.20 bits per heavy atom. The van der Waals surface area contributed by atoms with E-state index in [2.05, 4.69) is 19.3 Å². The lowest BCUT2D eigenvalue weighted by Gasteiger charge is -2.05. The summed E-state index contributed by atoms with van der Waals surface area (Å²) in [5.41, 5.74) is 6.73. The van der Waals surface area contributed by atoms with Gasteiger partial charge in [-0.1, -0.05) is 6.92 Å². The molecule has 15 heavy (non-hydrogen) atoms. The molecule has 2 rings (SSSR count). The first kappa shape index (κ1) is 10.3. The van der Waals surface area contributed by atoms with Crippen molar-refractivity contribution >= 4 is 29.1 Å². The molecular weight excluding hydrogens is 230 g/mol. The van der Waals surface area contributed by atoms with Crippen LogP contribution in [0.2, 0.25) is 0 Å². The minimum Gasteiger partial charge on any atom is -0.383 e. The molecule has 0 aliphatic carbocycles. The lowest BCUT2D eigenvalue weighted by Crippen LogP contribution is -2.00. The maximum Gasteiger partial charge on any atom is 0.176 e. The number of rotatable bonds is 3. The van der Waals surface area contributed by atoms with E-state index >= 15 is 0 Å². The van der Waals surface area contributed by atoms with Gasteiger partial charge in [-0.2, -0.15) is 4.37 Å². The summed E-state index contributed by atoms with van der Waals surface area (Å²) in [6, 6.07) is 0. The molecule has 0 saturated carbocycles. The third-order valence-electron chi connectivity index (χ3n) is 1.82. The highest BCUT2D eigenvalue weighted by Gasteiger charge is 2.10. The quantitative estimate of drug-likeness (QED) is 0.820. The largest absolute Gasteiger partial charge is 0.383 e. The van der Waals surface area contributed by atoms with Crippen molar-refractivity contribution in [1.82, 2.24) is 19.3 Å². The summed E-state index contributed by atoms with van der Waals surface area (Å²) < 4.78 is 4.80. The molecule has 0 spiro atoms. The number of aromatic nitrogens is 4. The molecule has 0 aliphatic rings. The first-order valence-electron chi connectivity index (χ1n) is 4.35. The van der Waals surface area contributed by atoms with E-state index in [1.807, 2.05) is 6.92 Å². The molecule has 2 N–H and O–H groups in total. The maximum absolute atomic E-state index is 5.76. The molecule has 0 saturated heterocycles. The number of nitrogen functional groups attached to an aromatic ring is 1. The fourth-order valence-electron chi connectivity index (χ4n) is 1.12. The summed E-state index contributed by atoms with van der Waals surface area (Å²) in [5, 5.41) is 0.863. The monoisotopic (exact) mass is 239 g/mol. The van der Waals surface area contributed by atoms with Gasteiger partial charge in [0.2, 0.25) is 0 Å². The smallest absolute Gasteiger partial charge is 0.176 e. The Bertz CT molecular complexity index is 442. The molecule has 78 valence electrons. The second kappa shape index (κ2) is 4.54. The van der Waals surface area contributed by atoms with Crippen molar-refractivity contribution in [2.75, 3.05) is 5.73 Å². The second-order valence-corrected chi connectivity index (χ2v) is 4.72. The molecule has 0 aromatic carbocycles. The zero-order valence-corrected chi connectivity index (χ0v) is 9.68. The van der Waals surface area contributed by atoms with Crippen molar-refractivity contribution in [1.29, 1.82) is 0 Å². The van der Waals surface area contributed by atoms with Gasteiger partial charge in [0.05, 0.1) is 0 Å². The van der Waals surface area contributed by atoms with Crippen molar-refractivity contribution in [3.8, 4) is 0 Å². The average molecular weight is 239 g/mol. The van der Waals surface area contributed by atoms with E-state index in [0.29, 0.717) is 5.82 Å². The Labute approximate surface area is 95.3 Å². The molecule has 2 aromatic heterocycles. The number of nitrogens with two attached hydrogens (primary N) is 1. The van der Waals surface area contributed by atoms with E-state index in [1.54, 1.807) is 0 Å². The van der Waals surface area contributed by atoms with E-state index < -0.39 is 0 Å². The molecule has 2 aromatic rings. The highest BCUT2D eigenvalue weighted by molar-refractivity contribution is 8.00. The van der Waals surface area contributed by atoms with Crippen molar-refractivity contribution < 1.29 is 0 Å². The molecule has 0 unspecified atom stereocenters. The number of hydrogen-bond acceptors (Lipinski definition) is 7. The van der Waals surface area contributed by atoms with Gasteiger partial charge < -0.3 is 5.73 Å².